The van der Waals surface area contributed by atoms with Gasteiger partial charge in [0.05, 0.1) is 6.61 Å². The highest BCUT2D eigenvalue weighted by Gasteiger charge is 2.24. The number of halogens is 2. The molecule has 0 aliphatic carbocycles. The van der Waals surface area contributed by atoms with Gasteiger partial charge >= 0.3 is 0 Å². The number of ether oxygens (including phenoxy) is 1. The first-order valence-electron chi connectivity index (χ1n) is 6.44. The van der Waals surface area contributed by atoms with Crippen LogP contribution in [0.3, 0.4) is 0 Å². The summed E-state index contributed by atoms with van der Waals surface area (Å²) in [5.74, 6) is -0.336. The molecule has 0 fully saturated rings. The Labute approximate surface area is 119 Å². The summed E-state index contributed by atoms with van der Waals surface area (Å²) < 4.78 is 18.3. The van der Waals surface area contributed by atoms with Crippen molar-refractivity contribution in [1.82, 2.24) is 4.90 Å². The summed E-state index contributed by atoms with van der Waals surface area (Å²) in [4.78, 5) is 2.21. The summed E-state index contributed by atoms with van der Waals surface area (Å²) in [5.41, 5.74) is 6.74. The Kier molecular flexibility index (Phi) is 6.72. The molecule has 1 aromatic rings. The second-order valence-electron chi connectivity index (χ2n) is 4.55. The third-order valence-electron chi connectivity index (χ3n) is 3.28. The van der Waals surface area contributed by atoms with Crippen LogP contribution in [0, 0.1) is 5.82 Å². The van der Waals surface area contributed by atoms with Crippen molar-refractivity contribution in [2.45, 2.75) is 25.9 Å². The Morgan fingerprint density at radius 1 is 1.47 bits per heavy atom. The van der Waals surface area contributed by atoms with Crippen LogP contribution in [0.1, 0.15) is 25.5 Å². The Hall–Kier alpha value is -0.680. The smallest absolute Gasteiger partial charge is 0.124 e. The van der Waals surface area contributed by atoms with Gasteiger partial charge in [0.1, 0.15) is 5.82 Å². The summed E-state index contributed by atoms with van der Waals surface area (Å²) in [5, 5.41) is 0.415. The number of hydrogen-bond donors (Lipinski definition) is 1. The highest BCUT2D eigenvalue weighted by molar-refractivity contribution is 6.31. The standard InChI is InChI=1S/C14H22ClFN2O/c1-4-18(10(2)9-19-3)14(8-17)12-6-5-11(16)7-13(12)15/h5-7,10,14H,4,8-9,17H2,1-3H3. The van der Waals surface area contributed by atoms with E-state index < -0.39 is 0 Å². The minimum atomic E-state index is -0.336. The number of likely N-dealkylation sites (N-methyl/N-ethyl adjacent to an activating group) is 1. The summed E-state index contributed by atoms with van der Waals surface area (Å²) >= 11 is 6.13. The molecular weight excluding hydrogens is 267 g/mol. The summed E-state index contributed by atoms with van der Waals surface area (Å²) in [6, 6.07) is 4.62. The van der Waals surface area contributed by atoms with Crippen molar-refractivity contribution in [3.05, 3.63) is 34.6 Å². The zero-order valence-electron chi connectivity index (χ0n) is 11.7. The summed E-state index contributed by atoms with van der Waals surface area (Å²) in [6.45, 7) is 6.00. The van der Waals surface area contributed by atoms with E-state index in [-0.39, 0.29) is 17.9 Å². The monoisotopic (exact) mass is 288 g/mol. The van der Waals surface area contributed by atoms with Crippen LogP contribution in [0.25, 0.3) is 0 Å². The molecular formula is C14H22ClFN2O. The predicted octanol–water partition coefficient (Wildman–Crippen LogP) is 2.84. The van der Waals surface area contributed by atoms with Gasteiger partial charge in [-0.1, -0.05) is 24.6 Å². The fourth-order valence-electron chi connectivity index (χ4n) is 2.39. The van der Waals surface area contributed by atoms with Crippen LogP contribution < -0.4 is 5.73 Å². The molecule has 2 atom stereocenters. The van der Waals surface area contributed by atoms with E-state index in [1.54, 1.807) is 13.2 Å². The lowest BCUT2D eigenvalue weighted by Gasteiger charge is -2.35. The van der Waals surface area contributed by atoms with Gasteiger partial charge in [-0.2, -0.15) is 0 Å². The molecule has 108 valence electrons. The van der Waals surface area contributed by atoms with E-state index in [4.69, 9.17) is 22.1 Å². The molecule has 0 heterocycles. The number of hydrogen-bond acceptors (Lipinski definition) is 3. The van der Waals surface area contributed by atoms with Gasteiger partial charge in [-0.25, -0.2) is 4.39 Å². The number of rotatable bonds is 7. The predicted molar refractivity (Wildman–Crippen MR) is 76.9 cm³/mol. The maximum Gasteiger partial charge on any atom is 0.124 e. The first kappa shape index (κ1) is 16.4. The van der Waals surface area contributed by atoms with E-state index in [0.717, 1.165) is 12.1 Å². The highest BCUT2D eigenvalue weighted by Crippen LogP contribution is 2.29. The van der Waals surface area contributed by atoms with Gasteiger partial charge in [-0.3, -0.25) is 4.90 Å². The normalized spacial score (nSPS) is 14.7. The second-order valence-corrected chi connectivity index (χ2v) is 4.96. The van der Waals surface area contributed by atoms with Crippen molar-refractivity contribution in [2.24, 2.45) is 5.73 Å². The van der Waals surface area contributed by atoms with Crippen molar-refractivity contribution in [3.63, 3.8) is 0 Å². The Morgan fingerprint density at radius 3 is 2.63 bits per heavy atom. The maximum atomic E-state index is 13.1. The van der Waals surface area contributed by atoms with Crippen molar-refractivity contribution in [2.75, 3.05) is 26.8 Å². The Morgan fingerprint density at radius 2 is 2.16 bits per heavy atom. The third-order valence-corrected chi connectivity index (χ3v) is 3.61. The van der Waals surface area contributed by atoms with Gasteiger partial charge in [0.2, 0.25) is 0 Å². The molecule has 0 saturated heterocycles. The van der Waals surface area contributed by atoms with Gasteiger partial charge in [0.25, 0.3) is 0 Å². The molecule has 0 aliphatic rings. The third kappa shape index (κ3) is 4.14. The van der Waals surface area contributed by atoms with E-state index in [2.05, 4.69) is 18.7 Å². The minimum Gasteiger partial charge on any atom is -0.383 e. The molecule has 1 aromatic carbocycles. The van der Waals surface area contributed by atoms with Gasteiger partial charge in [-0.15, -0.1) is 0 Å². The number of nitrogens with zero attached hydrogens (tertiary/aromatic N) is 1. The van der Waals surface area contributed by atoms with E-state index in [1.165, 1.54) is 12.1 Å². The average Bonchev–Trinajstić information content (AvgIpc) is 2.37. The summed E-state index contributed by atoms with van der Waals surface area (Å²) in [6.07, 6.45) is 0. The molecule has 0 saturated carbocycles. The lowest BCUT2D eigenvalue weighted by molar-refractivity contribution is 0.0751. The molecule has 0 radical (unpaired) electrons. The molecule has 3 nitrogen and oxygen atoms in total. The van der Waals surface area contributed by atoms with Crippen LogP contribution in [-0.4, -0.2) is 37.7 Å². The Bertz CT molecular complexity index is 403. The SMILES string of the molecule is CCN(C(C)COC)C(CN)c1ccc(F)cc1Cl. The molecule has 2 unspecified atom stereocenters. The largest absolute Gasteiger partial charge is 0.383 e. The van der Waals surface area contributed by atoms with Crippen molar-refractivity contribution in [3.8, 4) is 0 Å². The van der Waals surface area contributed by atoms with Gasteiger partial charge in [0, 0.05) is 30.8 Å². The number of methoxy groups -OCH3 is 1. The molecule has 0 bridgehead atoms. The fraction of sp³-hybridized carbons (Fsp3) is 0.571. The molecule has 19 heavy (non-hydrogen) atoms. The zero-order valence-corrected chi connectivity index (χ0v) is 12.5. The molecule has 2 N–H and O–H groups in total. The summed E-state index contributed by atoms with van der Waals surface area (Å²) in [7, 11) is 1.67. The van der Waals surface area contributed by atoms with E-state index in [0.29, 0.717) is 18.2 Å². The molecule has 0 spiro atoms. The lowest BCUT2D eigenvalue weighted by Crippen LogP contribution is -2.42. The van der Waals surface area contributed by atoms with E-state index in [1.807, 2.05) is 0 Å². The van der Waals surface area contributed by atoms with Gasteiger partial charge in [0.15, 0.2) is 0 Å². The molecule has 0 aromatic heterocycles. The zero-order chi connectivity index (χ0) is 14.4. The maximum absolute atomic E-state index is 13.1. The van der Waals surface area contributed by atoms with Gasteiger partial charge < -0.3 is 10.5 Å². The molecule has 0 aliphatic heterocycles. The fourth-order valence-corrected chi connectivity index (χ4v) is 2.68. The Balaban J connectivity index is 3.02. The van der Waals surface area contributed by atoms with E-state index >= 15 is 0 Å². The average molecular weight is 289 g/mol. The van der Waals surface area contributed by atoms with Gasteiger partial charge in [-0.05, 0) is 31.2 Å². The van der Waals surface area contributed by atoms with Crippen LogP contribution >= 0.6 is 11.6 Å². The van der Waals surface area contributed by atoms with Crippen LogP contribution in [0.4, 0.5) is 4.39 Å². The second kappa shape index (κ2) is 7.80. The quantitative estimate of drug-likeness (QED) is 0.838. The van der Waals surface area contributed by atoms with Crippen molar-refractivity contribution >= 4 is 11.6 Å². The van der Waals surface area contributed by atoms with Crippen LogP contribution in [0.2, 0.25) is 5.02 Å². The first-order chi connectivity index (χ1) is 9.04. The van der Waals surface area contributed by atoms with Crippen molar-refractivity contribution < 1.29 is 9.13 Å². The number of benzene rings is 1. The number of nitrogens with two attached hydrogens (primary N) is 1. The van der Waals surface area contributed by atoms with Crippen LogP contribution in [-0.2, 0) is 4.74 Å². The van der Waals surface area contributed by atoms with Crippen LogP contribution in [0.5, 0.6) is 0 Å². The minimum absolute atomic E-state index is 0.0387. The van der Waals surface area contributed by atoms with Crippen LogP contribution in [0.15, 0.2) is 18.2 Å². The van der Waals surface area contributed by atoms with E-state index in [9.17, 15) is 4.39 Å². The first-order valence-corrected chi connectivity index (χ1v) is 6.82. The molecule has 0 amide bonds. The molecule has 5 heteroatoms. The highest BCUT2D eigenvalue weighted by atomic mass is 35.5. The lowest BCUT2D eigenvalue weighted by atomic mass is 10.0. The topological polar surface area (TPSA) is 38.5 Å². The van der Waals surface area contributed by atoms with Crippen molar-refractivity contribution in [1.29, 1.82) is 0 Å². The molecule has 1 rings (SSSR count).